The van der Waals surface area contributed by atoms with Gasteiger partial charge in [-0.15, -0.1) is 11.6 Å². The molecule has 0 spiro atoms. The van der Waals surface area contributed by atoms with Gasteiger partial charge in [0.05, 0.1) is 11.0 Å². The largest absolute Gasteiger partial charge is 0.450 e. The summed E-state index contributed by atoms with van der Waals surface area (Å²) in [6.45, 7) is 4.35. The molecular weight excluding hydrogens is 439 g/mol. The minimum absolute atomic E-state index is 0.00548. The number of allylic oxidation sites excluding steroid dienone is 4. The van der Waals surface area contributed by atoms with Gasteiger partial charge < -0.3 is 14.9 Å². The average Bonchev–Trinajstić information content (AvgIpc) is 3.03. The number of carbonyl (C=O) groups excluding carboxylic acids is 3. The van der Waals surface area contributed by atoms with E-state index in [4.69, 9.17) is 16.3 Å². The predicted molar refractivity (Wildman–Crippen MR) is 115 cm³/mol. The highest BCUT2D eigenvalue weighted by atomic mass is 35.5. The van der Waals surface area contributed by atoms with Crippen molar-refractivity contribution in [1.82, 2.24) is 0 Å². The van der Waals surface area contributed by atoms with Crippen LogP contribution in [-0.4, -0.2) is 57.1 Å². The van der Waals surface area contributed by atoms with E-state index in [0.717, 1.165) is 0 Å². The highest BCUT2D eigenvalue weighted by Gasteiger charge is 2.75. The zero-order valence-corrected chi connectivity index (χ0v) is 19.3. The number of ether oxygens (including phenoxy) is 1. The molecule has 3 fully saturated rings. The van der Waals surface area contributed by atoms with E-state index in [-0.39, 0.29) is 43.0 Å². The number of rotatable bonds is 4. The van der Waals surface area contributed by atoms with E-state index in [0.29, 0.717) is 6.42 Å². The van der Waals surface area contributed by atoms with Gasteiger partial charge in [-0.1, -0.05) is 26.8 Å². The first-order valence-electron chi connectivity index (χ1n) is 11.2. The van der Waals surface area contributed by atoms with Crippen LogP contribution in [-0.2, 0) is 19.1 Å². The van der Waals surface area contributed by atoms with Crippen molar-refractivity contribution in [2.75, 3.05) is 6.61 Å². The molecule has 0 radical (unpaired) electrons. The molecule has 1 unspecified atom stereocenters. The Bertz CT molecular complexity index is 931. The van der Waals surface area contributed by atoms with Crippen LogP contribution in [0.1, 0.15) is 52.9 Å². The molecule has 0 heterocycles. The number of alkyl halides is 2. The lowest BCUT2D eigenvalue weighted by Crippen LogP contribution is -2.70. The number of aliphatic hydroxyl groups is 2. The molecule has 4 rings (SSSR count). The topological polar surface area (TPSA) is 101 Å². The molecule has 3 saturated carbocycles. The van der Waals surface area contributed by atoms with Gasteiger partial charge in [0.1, 0.15) is 12.8 Å². The van der Waals surface area contributed by atoms with Gasteiger partial charge in [-0.3, -0.25) is 14.4 Å². The minimum Gasteiger partial charge on any atom is -0.450 e. The Morgan fingerprint density at radius 3 is 2.62 bits per heavy atom. The predicted octanol–water partition coefficient (Wildman–Crippen LogP) is 2.83. The van der Waals surface area contributed by atoms with Crippen molar-refractivity contribution in [1.29, 1.82) is 0 Å². The summed E-state index contributed by atoms with van der Waals surface area (Å²) in [5.41, 5.74) is -3.43. The molecule has 32 heavy (non-hydrogen) atoms. The standard InChI is InChI=1S/C24H30ClFO6/c1-4-20(31)32-23(19(30)12-27)8-6-14-15-10-17(26)16-9-13(28)5-7-21(16,2)24(15,25)18(29)11-22(14,23)3/h5,7,9,14-15,17-18,27,29H,4,6,8,10-12H2,1-3H3/t14-,15-,17-,18?,21-,22-,23-,24-/m0/s1. The Balaban J connectivity index is 1.84. The molecule has 0 saturated heterocycles. The van der Waals surface area contributed by atoms with Gasteiger partial charge in [0, 0.05) is 17.3 Å². The van der Waals surface area contributed by atoms with Gasteiger partial charge >= 0.3 is 5.97 Å². The summed E-state index contributed by atoms with van der Waals surface area (Å²) in [7, 11) is 0. The van der Waals surface area contributed by atoms with Crippen LogP contribution >= 0.6 is 11.6 Å². The van der Waals surface area contributed by atoms with Crippen molar-refractivity contribution in [3.63, 3.8) is 0 Å². The summed E-state index contributed by atoms with van der Waals surface area (Å²) in [6.07, 6.45) is 2.36. The zero-order valence-electron chi connectivity index (χ0n) is 18.6. The number of Topliss-reactive ketones (excluding diaryl/α,β-unsaturated/α-hetero) is 1. The number of aliphatic hydroxyl groups excluding tert-OH is 2. The summed E-state index contributed by atoms with van der Waals surface area (Å²) in [5.74, 6) is -2.35. The van der Waals surface area contributed by atoms with Gasteiger partial charge in [0.25, 0.3) is 0 Å². The van der Waals surface area contributed by atoms with Gasteiger partial charge in [-0.2, -0.15) is 0 Å². The zero-order chi connectivity index (χ0) is 23.7. The second kappa shape index (κ2) is 7.47. The number of ketones is 2. The molecular formula is C24H30ClFO6. The molecule has 8 atom stereocenters. The molecule has 4 aliphatic rings. The van der Waals surface area contributed by atoms with E-state index in [1.54, 1.807) is 26.8 Å². The molecule has 0 aliphatic heterocycles. The van der Waals surface area contributed by atoms with Crippen molar-refractivity contribution in [3.05, 3.63) is 23.8 Å². The first kappa shape index (κ1) is 23.6. The van der Waals surface area contributed by atoms with Crippen LogP contribution in [0.25, 0.3) is 0 Å². The number of hydrogen-bond acceptors (Lipinski definition) is 6. The fourth-order valence-electron chi connectivity index (χ4n) is 7.27. The molecule has 0 aromatic rings. The number of carbonyl (C=O) groups is 3. The Morgan fingerprint density at radius 1 is 1.31 bits per heavy atom. The first-order chi connectivity index (χ1) is 14.9. The molecule has 0 aromatic carbocycles. The van der Waals surface area contributed by atoms with Gasteiger partial charge in [0.2, 0.25) is 5.78 Å². The molecule has 2 N–H and O–H groups in total. The fourth-order valence-corrected chi connectivity index (χ4v) is 7.76. The van der Waals surface area contributed by atoms with E-state index >= 15 is 4.39 Å². The summed E-state index contributed by atoms with van der Waals surface area (Å²) in [5, 5.41) is 21.2. The van der Waals surface area contributed by atoms with Crippen molar-refractivity contribution in [2.24, 2.45) is 22.7 Å². The molecule has 4 aliphatic carbocycles. The van der Waals surface area contributed by atoms with Crippen LogP contribution < -0.4 is 0 Å². The summed E-state index contributed by atoms with van der Waals surface area (Å²) >= 11 is 7.26. The molecule has 6 nitrogen and oxygen atoms in total. The number of fused-ring (bicyclic) bond motifs is 5. The Kier molecular flexibility index (Phi) is 5.51. The molecule has 0 bridgehead atoms. The summed E-state index contributed by atoms with van der Waals surface area (Å²) in [6, 6.07) is 0. The van der Waals surface area contributed by atoms with E-state index in [9.17, 15) is 24.6 Å². The summed E-state index contributed by atoms with van der Waals surface area (Å²) < 4.78 is 21.2. The molecule has 0 aromatic heterocycles. The van der Waals surface area contributed by atoms with E-state index in [1.807, 2.05) is 0 Å². The first-order valence-corrected chi connectivity index (χ1v) is 11.6. The number of hydrogen-bond donors (Lipinski definition) is 2. The van der Waals surface area contributed by atoms with Crippen LogP contribution in [0.15, 0.2) is 23.8 Å². The van der Waals surface area contributed by atoms with Gasteiger partial charge in [0.15, 0.2) is 11.4 Å². The molecule has 176 valence electrons. The van der Waals surface area contributed by atoms with Crippen molar-refractivity contribution in [3.8, 4) is 0 Å². The quantitative estimate of drug-likeness (QED) is 0.486. The SMILES string of the molecule is CCC(=O)O[C@]1(C(=O)CO)CC[C@H]2[C@@H]3C[C@H](F)C4=CC(=O)C=C[C@]4(C)[C@@]3(Cl)C(O)C[C@@]21C. The van der Waals surface area contributed by atoms with Crippen molar-refractivity contribution >= 4 is 29.1 Å². The lowest BCUT2D eigenvalue weighted by Gasteiger charge is -2.64. The highest BCUT2D eigenvalue weighted by Crippen LogP contribution is 2.71. The lowest BCUT2D eigenvalue weighted by atomic mass is 9.45. The number of esters is 1. The Hall–Kier alpha value is -1.57. The lowest BCUT2D eigenvalue weighted by molar-refractivity contribution is -0.198. The van der Waals surface area contributed by atoms with E-state index in [1.165, 1.54) is 12.2 Å². The maximum absolute atomic E-state index is 15.5. The van der Waals surface area contributed by atoms with E-state index < -0.39 is 57.9 Å². The number of halogens is 2. The normalized spacial score (nSPS) is 47.2. The second-order valence-corrected chi connectivity index (χ2v) is 10.8. The Morgan fingerprint density at radius 2 is 2.00 bits per heavy atom. The fraction of sp³-hybridized carbons (Fsp3) is 0.708. The van der Waals surface area contributed by atoms with Crippen LogP contribution in [0.2, 0.25) is 0 Å². The van der Waals surface area contributed by atoms with Crippen LogP contribution in [0.5, 0.6) is 0 Å². The van der Waals surface area contributed by atoms with Crippen LogP contribution in [0, 0.1) is 22.7 Å². The van der Waals surface area contributed by atoms with Crippen LogP contribution in [0.4, 0.5) is 4.39 Å². The third kappa shape index (κ3) is 2.74. The average molecular weight is 469 g/mol. The smallest absolute Gasteiger partial charge is 0.306 e. The Labute approximate surface area is 191 Å². The molecule has 8 heteroatoms. The minimum atomic E-state index is -1.60. The maximum Gasteiger partial charge on any atom is 0.306 e. The van der Waals surface area contributed by atoms with Gasteiger partial charge in [-0.25, -0.2) is 4.39 Å². The summed E-state index contributed by atoms with van der Waals surface area (Å²) in [4.78, 5) is 36.0. The van der Waals surface area contributed by atoms with Crippen LogP contribution in [0.3, 0.4) is 0 Å². The third-order valence-electron chi connectivity index (χ3n) is 8.92. The van der Waals surface area contributed by atoms with Crippen molar-refractivity contribution < 1.29 is 33.7 Å². The van der Waals surface area contributed by atoms with E-state index in [2.05, 4.69) is 0 Å². The third-order valence-corrected chi connectivity index (χ3v) is 9.84. The monoisotopic (exact) mass is 468 g/mol. The van der Waals surface area contributed by atoms with Crippen molar-refractivity contribution in [2.45, 2.75) is 75.6 Å². The van der Waals surface area contributed by atoms with Gasteiger partial charge in [-0.05, 0) is 55.2 Å². The molecule has 0 amide bonds. The highest BCUT2D eigenvalue weighted by molar-refractivity contribution is 6.26. The second-order valence-electron chi connectivity index (χ2n) is 10.1. The maximum atomic E-state index is 15.5.